The van der Waals surface area contributed by atoms with Crippen LogP contribution in [-0.2, 0) is 14.3 Å². The van der Waals surface area contributed by atoms with Crippen LogP contribution in [-0.4, -0.2) is 50.1 Å². The summed E-state index contributed by atoms with van der Waals surface area (Å²) in [5, 5.41) is 10.2. The largest absolute Gasteiger partial charge is 0.452 e. The fourth-order valence-corrected chi connectivity index (χ4v) is 3.70. The molecule has 1 N–H and O–H groups in total. The van der Waals surface area contributed by atoms with E-state index in [1.54, 1.807) is 16.7 Å². The topological polar surface area (TPSA) is 92.9 Å². The van der Waals surface area contributed by atoms with Gasteiger partial charge in [-0.1, -0.05) is 0 Å². The van der Waals surface area contributed by atoms with Gasteiger partial charge in [0.2, 0.25) is 0 Å². The molecule has 22 heavy (non-hydrogen) atoms. The third-order valence-corrected chi connectivity index (χ3v) is 5.27. The maximum atomic E-state index is 12.5. The first kappa shape index (κ1) is 15.4. The number of amides is 1. The number of oxazole rings is 1. The molecule has 1 aromatic rings. The number of cyclic esters (lactones) is 1. The van der Waals surface area contributed by atoms with Gasteiger partial charge in [-0.25, -0.2) is 4.98 Å². The lowest BCUT2D eigenvalue weighted by atomic mass is 9.96. The molecule has 120 valence electrons. The number of aliphatic hydroxyl groups excluding tert-OH is 1. The molecule has 0 radical (unpaired) electrons. The van der Waals surface area contributed by atoms with Crippen molar-refractivity contribution in [3.05, 3.63) is 18.4 Å². The third kappa shape index (κ3) is 2.85. The predicted molar refractivity (Wildman–Crippen MR) is 77.7 cm³/mol. The summed E-state index contributed by atoms with van der Waals surface area (Å²) in [5.41, 5.74) is 0. The number of nitrogens with zero attached hydrogens (tertiary/aromatic N) is 2. The van der Waals surface area contributed by atoms with Crippen LogP contribution in [0.5, 0.6) is 0 Å². The van der Waals surface area contributed by atoms with Crippen molar-refractivity contribution in [3.8, 4) is 0 Å². The van der Waals surface area contributed by atoms with E-state index >= 15 is 0 Å². The van der Waals surface area contributed by atoms with E-state index in [4.69, 9.17) is 9.15 Å². The first-order valence-corrected chi connectivity index (χ1v) is 8.06. The van der Waals surface area contributed by atoms with Crippen LogP contribution < -0.4 is 0 Å². The van der Waals surface area contributed by atoms with Crippen LogP contribution in [0, 0.1) is 5.92 Å². The van der Waals surface area contributed by atoms with Crippen LogP contribution in [0.2, 0.25) is 0 Å². The molecule has 3 heterocycles. The molecule has 1 amide bonds. The number of aliphatic hydroxyl groups is 1. The Hall–Kier alpha value is -1.54. The second-order valence-corrected chi connectivity index (χ2v) is 7.84. The summed E-state index contributed by atoms with van der Waals surface area (Å²) >= 11 is 1.69. The first-order chi connectivity index (χ1) is 10.4. The smallest absolute Gasteiger partial charge is 0.313 e. The monoisotopic (exact) mass is 326 g/mol. The second-order valence-electron chi connectivity index (χ2n) is 6.19. The molecule has 7 nitrogen and oxygen atoms in total. The summed E-state index contributed by atoms with van der Waals surface area (Å²) in [6.45, 7) is 4.77. The Balaban J connectivity index is 1.66. The van der Waals surface area contributed by atoms with Gasteiger partial charge >= 0.3 is 5.97 Å². The van der Waals surface area contributed by atoms with E-state index in [9.17, 15) is 14.7 Å². The van der Waals surface area contributed by atoms with Crippen molar-refractivity contribution in [2.45, 2.75) is 37.2 Å². The van der Waals surface area contributed by atoms with Crippen LogP contribution in [0.15, 0.2) is 17.0 Å². The Bertz CT molecular complexity index is 574. The van der Waals surface area contributed by atoms with Gasteiger partial charge in [-0.05, 0) is 13.8 Å². The van der Waals surface area contributed by atoms with E-state index in [1.807, 2.05) is 0 Å². The predicted octanol–water partition coefficient (Wildman–Crippen LogP) is 0.951. The number of ether oxygens (including phenoxy) is 1. The quantitative estimate of drug-likeness (QED) is 0.827. The number of esters is 1. The van der Waals surface area contributed by atoms with Crippen LogP contribution in [0.4, 0.5) is 0 Å². The number of hydrogen-bond acceptors (Lipinski definition) is 7. The molecule has 1 aromatic heterocycles. The van der Waals surface area contributed by atoms with Gasteiger partial charge in [0.25, 0.3) is 5.91 Å². The maximum Gasteiger partial charge on any atom is 0.313 e. The lowest BCUT2D eigenvalue weighted by Crippen LogP contribution is -2.39. The van der Waals surface area contributed by atoms with Crippen molar-refractivity contribution in [1.29, 1.82) is 0 Å². The van der Waals surface area contributed by atoms with E-state index in [2.05, 4.69) is 18.8 Å². The molecule has 0 saturated carbocycles. The van der Waals surface area contributed by atoms with E-state index in [-0.39, 0.29) is 22.8 Å². The molecule has 3 rings (SSSR count). The number of carbonyl (C=O) groups excluding carboxylic acids is 2. The van der Waals surface area contributed by atoms with Gasteiger partial charge in [-0.15, -0.1) is 11.8 Å². The van der Waals surface area contributed by atoms with Crippen LogP contribution in [0.25, 0.3) is 0 Å². The molecule has 2 saturated heterocycles. The third-order valence-electron chi connectivity index (χ3n) is 3.92. The molecule has 0 aromatic carbocycles. The van der Waals surface area contributed by atoms with Gasteiger partial charge in [0.05, 0.1) is 18.0 Å². The van der Waals surface area contributed by atoms with Crippen molar-refractivity contribution in [2.75, 3.05) is 12.4 Å². The molecular formula is C14H18N2O5S. The molecule has 0 spiro atoms. The molecule has 0 aliphatic carbocycles. The van der Waals surface area contributed by atoms with Crippen molar-refractivity contribution < 1.29 is 23.8 Å². The molecule has 2 aliphatic heterocycles. The van der Waals surface area contributed by atoms with Crippen molar-refractivity contribution in [2.24, 2.45) is 5.92 Å². The number of hydrogen-bond donors (Lipinski definition) is 1. The summed E-state index contributed by atoms with van der Waals surface area (Å²) < 4.78 is 10.2. The molecular weight excluding hydrogens is 308 g/mol. The van der Waals surface area contributed by atoms with E-state index < -0.39 is 24.1 Å². The lowest BCUT2D eigenvalue weighted by molar-refractivity contribution is -0.154. The summed E-state index contributed by atoms with van der Waals surface area (Å²) in [6.07, 6.45) is 0.723. The van der Waals surface area contributed by atoms with Crippen molar-refractivity contribution >= 4 is 23.6 Å². The summed E-state index contributed by atoms with van der Waals surface area (Å²) in [4.78, 5) is 29.8. The van der Waals surface area contributed by atoms with Gasteiger partial charge in [0, 0.05) is 17.7 Å². The Labute approximate surface area is 132 Å². The molecule has 0 bridgehead atoms. The minimum atomic E-state index is -1.14. The standard InChI is InChI=1S/C14H18N2O5S/c1-14(2)5-16(7-22-14)12(18)9-3-8(13(19)21-9)11(17)10-4-15-6-20-10/h4,6,8-9,11,17H,3,5,7H2,1-2H3/t8?,9-,11?/m0/s1. The lowest BCUT2D eigenvalue weighted by Gasteiger charge is -2.21. The molecule has 8 heteroatoms. The van der Waals surface area contributed by atoms with Crippen LogP contribution in [0.3, 0.4) is 0 Å². The van der Waals surface area contributed by atoms with Gasteiger partial charge < -0.3 is 19.2 Å². The van der Waals surface area contributed by atoms with E-state index in [0.29, 0.717) is 12.4 Å². The van der Waals surface area contributed by atoms with E-state index in [0.717, 1.165) is 0 Å². The normalized spacial score (nSPS) is 28.7. The fraction of sp³-hybridized carbons (Fsp3) is 0.643. The maximum absolute atomic E-state index is 12.5. The zero-order chi connectivity index (χ0) is 15.9. The fourth-order valence-electron chi connectivity index (χ4n) is 2.73. The zero-order valence-electron chi connectivity index (χ0n) is 12.4. The highest BCUT2D eigenvalue weighted by atomic mass is 32.2. The van der Waals surface area contributed by atoms with Gasteiger partial charge in [-0.3, -0.25) is 9.59 Å². The highest BCUT2D eigenvalue weighted by molar-refractivity contribution is 8.00. The Morgan fingerprint density at radius 2 is 2.36 bits per heavy atom. The number of carbonyl (C=O) groups is 2. The number of rotatable bonds is 3. The van der Waals surface area contributed by atoms with Gasteiger partial charge in [-0.2, -0.15) is 0 Å². The van der Waals surface area contributed by atoms with Crippen molar-refractivity contribution in [3.63, 3.8) is 0 Å². The van der Waals surface area contributed by atoms with E-state index in [1.165, 1.54) is 12.6 Å². The molecule has 3 atom stereocenters. The Morgan fingerprint density at radius 3 is 2.95 bits per heavy atom. The van der Waals surface area contributed by atoms with Crippen LogP contribution >= 0.6 is 11.8 Å². The Morgan fingerprint density at radius 1 is 1.59 bits per heavy atom. The highest BCUT2D eigenvalue weighted by Crippen LogP contribution is 2.37. The first-order valence-electron chi connectivity index (χ1n) is 7.07. The summed E-state index contributed by atoms with van der Waals surface area (Å²) in [5.74, 6) is -0.778. The minimum absolute atomic E-state index is 0.0109. The van der Waals surface area contributed by atoms with Crippen molar-refractivity contribution in [1.82, 2.24) is 9.88 Å². The Kier molecular flexibility index (Phi) is 3.90. The van der Waals surface area contributed by atoms with Crippen LogP contribution in [0.1, 0.15) is 32.1 Å². The molecule has 2 fully saturated rings. The average molecular weight is 326 g/mol. The second kappa shape index (κ2) is 5.58. The van der Waals surface area contributed by atoms with Gasteiger partial charge in [0.15, 0.2) is 18.3 Å². The SMILES string of the molecule is CC1(C)CN(C(=O)[C@@H]2CC(C(O)c3cnco3)C(=O)O2)CS1. The molecule has 2 unspecified atom stereocenters. The summed E-state index contributed by atoms with van der Waals surface area (Å²) in [6, 6.07) is 0. The van der Waals surface area contributed by atoms with Gasteiger partial charge in [0.1, 0.15) is 6.10 Å². The average Bonchev–Trinajstić information content (AvgIpc) is 3.16. The molecule has 2 aliphatic rings. The minimum Gasteiger partial charge on any atom is -0.452 e. The highest BCUT2D eigenvalue weighted by Gasteiger charge is 2.46. The summed E-state index contributed by atoms with van der Waals surface area (Å²) in [7, 11) is 0. The zero-order valence-corrected chi connectivity index (χ0v) is 13.2. The number of aromatic nitrogens is 1. The number of thioether (sulfide) groups is 1.